The van der Waals surface area contributed by atoms with Crippen LogP contribution < -0.4 is 0 Å². The third kappa shape index (κ3) is 4.74. The summed E-state index contributed by atoms with van der Waals surface area (Å²) in [4.78, 5) is 14.0. The zero-order chi connectivity index (χ0) is 7.11. The molecule has 0 amide bonds. The zero-order valence-electron chi connectivity index (χ0n) is 4.87. The van der Waals surface area contributed by atoms with Crippen molar-refractivity contribution >= 4 is 21.0 Å². The predicted octanol–water partition coefficient (Wildman–Crippen LogP) is 1.24. The maximum Gasteiger partial charge on any atom is 0.118 e. The first-order chi connectivity index (χ1) is 4.39. The van der Waals surface area contributed by atoms with E-state index in [4.69, 9.17) is 9.93 Å². The van der Waals surface area contributed by atoms with Gasteiger partial charge in [0.2, 0.25) is 0 Å². The number of hydrogen-bond acceptors (Lipinski definition) is 4. The average Bonchev–Trinajstić information content (AvgIpc) is 1.94. The van der Waals surface area contributed by atoms with E-state index in [0.717, 1.165) is 11.5 Å². The Hall–Kier alpha value is 0.260. The molecular weight excluding hydrogens is 160 g/mol. The van der Waals surface area contributed by atoms with Crippen LogP contribution in [0, 0.1) is 9.93 Å². The fourth-order valence-corrected chi connectivity index (χ4v) is 3.22. The smallest absolute Gasteiger partial charge is 0.118 e. The third-order valence-electron chi connectivity index (χ3n) is 0.920. The van der Waals surface area contributed by atoms with Crippen LogP contribution in [0.25, 0.3) is 0 Å². The standard InChI is InChI=1S/C4H8OS2.O2/c5-7-4-2-1-3-6-7;1-2/h1-4H2;. The predicted molar refractivity (Wildman–Crippen MR) is 41.4 cm³/mol. The lowest BCUT2D eigenvalue weighted by molar-refractivity contribution is 0.604. The Morgan fingerprint density at radius 3 is 2.22 bits per heavy atom. The minimum atomic E-state index is -0.524. The van der Waals surface area contributed by atoms with Gasteiger partial charge in [0, 0.05) is 25.9 Å². The lowest BCUT2D eigenvalue weighted by atomic mass is 10.4. The van der Waals surface area contributed by atoms with Gasteiger partial charge in [0.05, 0.1) is 10.8 Å². The molecule has 0 aromatic rings. The summed E-state index contributed by atoms with van der Waals surface area (Å²) in [6, 6.07) is 0. The van der Waals surface area contributed by atoms with E-state index >= 15 is 0 Å². The molecule has 0 aromatic carbocycles. The molecule has 9 heavy (non-hydrogen) atoms. The van der Waals surface area contributed by atoms with Crippen LogP contribution in [-0.4, -0.2) is 16.1 Å². The van der Waals surface area contributed by atoms with Gasteiger partial charge in [-0.15, -0.1) is 0 Å². The molecule has 1 saturated heterocycles. The molecule has 1 aliphatic rings. The topological polar surface area (TPSA) is 57.2 Å². The van der Waals surface area contributed by atoms with Gasteiger partial charge in [0.15, 0.2) is 0 Å². The summed E-state index contributed by atoms with van der Waals surface area (Å²) in [6.07, 6.45) is 2.43. The van der Waals surface area contributed by atoms with Gasteiger partial charge in [-0.05, 0) is 12.8 Å². The highest BCUT2D eigenvalue weighted by atomic mass is 33.1. The van der Waals surface area contributed by atoms with E-state index in [1.807, 2.05) is 0 Å². The summed E-state index contributed by atoms with van der Waals surface area (Å²) in [5.74, 6) is 2.03. The summed E-state index contributed by atoms with van der Waals surface area (Å²) >= 11 is 0. The quantitative estimate of drug-likeness (QED) is 0.403. The van der Waals surface area contributed by atoms with Crippen LogP contribution in [0.3, 0.4) is 0 Å². The monoisotopic (exact) mass is 168 g/mol. The second-order valence-electron chi connectivity index (χ2n) is 1.54. The van der Waals surface area contributed by atoms with E-state index < -0.39 is 10.2 Å². The first kappa shape index (κ1) is 9.26. The van der Waals surface area contributed by atoms with Crippen LogP contribution in [0.15, 0.2) is 0 Å². The first-order valence-electron chi connectivity index (χ1n) is 2.58. The Balaban J connectivity index is 0.000000291. The van der Waals surface area contributed by atoms with Crippen molar-refractivity contribution in [2.45, 2.75) is 12.8 Å². The van der Waals surface area contributed by atoms with Crippen molar-refractivity contribution in [1.29, 1.82) is 0 Å². The molecule has 1 fully saturated rings. The molecule has 0 N–H and O–H groups in total. The zero-order valence-corrected chi connectivity index (χ0v) is 6.50. The largest absolute Gasteiger partial charge is 0.605 e. The van der Waals surface area contributed by atoms with Crippen LogP contribution in [0.5, 0.6) is 0 Å². The summed E-state index contributed by atoms with van der Waals surface area (Å²) in [6.45, 7) is 0. The molecule has 3 nitrogen and oxygen atoms in total. The highest BCUT2D eigenvalue weighted by molar-refractivity contribution is 8.72. The van der Waals surface area contributed by atoms with Crippen molar-refractivity contribution in [3.8, 4) is 0 Å². The maximum absolute atomic E-state index is 10.5. The van der Waals surface area contributed by atoms with Gasteiger partial charge in [-0.25, -0.2) is 0 Å². The van der Waals surface area contributed by atoms with Gasteiger partial charge in [0.25, 0.3) is 0 Å². The molecule has 1 atom stereocenters. The van der Waals surface area contributed by atoms with Gasteiger partial charge in [-0.1, -0.05) is 0 Å². The van der Waals surface area contributed by atoms with E-state index in [1.54, 1.807) is 10.8 Å². The van der Waals surface area contributed by atoms with Crippen molar-refractivity contribution in [3.05, 3.63) is 9.93 Å². The first-order valence-corrected chi connectivity index (χ1v) is 5.40. The summed E-state index contributed by atoms with van der Waals surface area (Å²) in [5.41, 5.74) is 0. The fraction of sp³-hybridized carbons (Fsp3) is 1.00. The van der Waals surface area contributed by atoms with Crippen LogP contribution in [0.4, 0.5) is 0 Å². The number of rotatable bonds is 0. The molecular formula is C4H8O3S2. The molecule has 0 radical (unpaired) electrons. The Labute approximate surface area is 60.4 Å². The third-order valence-corrected chi connectivity index (χ3v) is 4.05. The fourth-order valence-electron chi connectivity index (χ4n) is 0.533. The van der Waals surface area contributed by atoms with Crippen LogP contribution >= 0.6 is 10.8 Å². The average molecular weight is 168 g/mol. The van der Waals surface area contributed by atoms with Crippen molar-refractivity contribution in [3.63, 3.8) is 0 Å². The SMILES string of the molecule is O=O.[O-][S+]1CCCCS1. The van der Waals surface area contributed by atoms with E-state index in [1.165, 1.54) is 12.8 Å². The van der Waals surface area contributed by atoms with Gasteiger partial charge < -0.3 is 4.55 Å². The molecule has 1 unspecified atom stereocenters. The Morgan fingerprint density at radius 1 is 1.33 bits per heavy atom. The molecule has 0 spiro atoms. The van der Waals surface area contributed by atoms with Crippen LogP contribution in [0.2, 0.25) is 0 Å². The van der Waals surface area contributed by atoms with Gasteiger partial charge in [0.1, 0.15) is 5.75 Å². The van der Waals surface area contributed by atoms with Crippen LogP contribution in [0.1, 0.15) is 12.8 Å². The summed E-state index contributed by atoms with van der Waals surface area (Å²) in [7, 11) is 1.07. The van der Waals surface area contributed by atoms with E-state index in [-0.39, 0.29) is 0 Å². The minimum Gasteiger partial charge on any atom is -0.605 e. The highest BCUT2D eigenvalue weighted by Gasteiger charge is 2.12. The minimum absolute atomic E-state index is 0.524. The van der Waals surface area contributed by atoms with Crippen molar-refractivity contribution in [2.75, 3.05) is 11.5 Å². The molecule has 54 valence electrons. The Morgan fingerprint density at radius 2 is 2.00 bits per heavy atom. The van der Waals surface area contributed by atoms with Crippen molar-refractivity contribution in [2.24, 2.45) is 0 Å². The second-order valence-corrected chi connectivity index (χ2v) is 5.02. The molecule has 1 rings (SSSR count). The van der Waals surface area contributed by atoms with E-state index in [0.29, 0.717) is 0 Å². The number of hydrogen-bond donors (Lipinski definition) is 0. The Bertz CT molecular complexity index is 64.8. The molecule has 1 heterocycles. The van der Waals surface area contributed by atoms with Gasteiger partial charge >= 0.3 is 0 Å². The Kier molecular flexibility index (Phi) is 6.57. The normalized spacial score (nSPS) is 26.1. The lowest BCUT2D eigenvalue weighted by Crippen LogP contribution is -2.07. The molecule has 0 saturated carbocycles. The van der Waals surface area contributed by atoms with Crippen molar-refractivity contribution in [1.82, 2.24) is 0 Å². The molecule has 0 aromatic heterocycles. The highest BCUT2D eigenvalue weighted by Crippen LogP contribution is 2.21. The molecule has 0 aliphatic carbocycles. The van der Waals surface area contributed by atoms with Gasteiger partial charge in [-0.2, -0.15) is 0 Å². The van der Waals surface area contributed by atoms with Gasteiger partial charge in [-0.3, -0.25) is 0 Å². The summed E-state index contributed by atoms with van der Waals surface area (Å²) < 4.78 is 10.5. The maximum atomic E-state index is 10.5. The summed E-state index contributed by atoms with van der Waals surface area (Å²) in [5, 5.41) is 0. The van der Waals surface area contributed by atoms with E-state index in [2.05, 4.69) is 0 Å². The molecule has 1 aliphatic heterocycles. The molecule has 0 bridgehead atoms. The lowest BCUT2D eigenvalue weighted by Gasteiger charge is -2.11. The van der Waals surface area contributed by atoms with Crippen molar-refractivity contribution < 1.29 is 4.55 Å². The molecule has 5 heteroatoms. The van der Waals surface area contributed by atoms with Crippen LogP contribution in [-0.2, 0) is 10.2 Å². The van der Waals surface area contributed by atoms with E-state index in [9.17, 15) is 4.55 Å². The second kappa shape index (κ2) is 6.38.